The van der Waals surface area contributed by atoms with Crippen molar-refractivity contribution in [2.75, 3.05) is 4.31 Å². The second-order valence-electron chi connectivity index (χ2n) is 10.6. The Morgan fingerprint density at radius 3 is 2.10 bits per heavy atom. The molecule has 0 unspecified atom stereocenters. The molecule has 0 spiro atoms. The molecule has 1 aromatic heterocycles. The van der Waals surface area contributed by atoms with E-state index < -0.39 is 16.2 Å². The number of anilines is 1. The summed E-state index contributed by atoms with van der Waals surface area (Å²) >= 11 is 0. The van der Waals surface area contributed by atoms with E-state index in [9.17, 15) is 18.3 Å². The maximum absolute atomic E-state index is 14.2. The molecule has 0 aliphatic heterocycles. The SMILES string of the molecule is CC(C)(C)c1ccc(S(=O)(=O)N(Cc2ccccc2)c2ccc3[nH]c(OC(=O)O)c(-c4ccccc4)c3c2)cc1. The van der Waals surface area contributed by atoms with Gasteiger partial charge in [-0.15, -0.1) is 0 Å². The molecule has 0 fully saturated rings. The first kappa shape index (κ1) is 27.0. The van der Waals surface area contributed by atoms with Crippen LogP contribution in [0, 0.1) is 0 Å². The zero-order chi connectivity index (χ0) is 28.5. The van der Waals surface area contributed by atoms with E-state index >= 15 is 0 Å². The molecule has 0 bridgehead atoms. The number of hydrogen-bond acceptors (Lipinski definition) is 4. The van der Waals surface area contributed by atoms with Crippen LogP contribution in [0.1, 0.15) is 31.9 Å². The minimum Gasteiger partial charge on any atom is -0.449 e. The van der Waals surface area contributed by atoms with E-state index in [0.29, 0.717) is 22.2 Å². The Morgan fingerprint density at radius 2 is 1.50 bits per heavy atom. The lowest BCUT2D eigenvalue weighted by Crippen LogP contribution is -2.30. The third kappa shape index (κ3) is 5.44. The van der Waals surface area contributed by atoms with E-state index in [1.54, 1.807) is 30.3 Å². The van der Waals surface area contributed by atoms with Gasteiger partial charge in [0.25, 0.3) is 10.0 Å². The molecule has 7 nitrogen and oxygen atoms in total. The quantitative estimate of drug-likeness (QED) is 0.202. The van der Waals surface area contributed by atoms with Gasteiger partial charge < -0.3 is 14.8 Å². The number of hydrogen-bond donors (Lipinski definition) is 2. The van der Waals surface area contributed by atoms with E-state index in [-0.39, 0.29) is 22.7 Å². The van der Waals surface area contributed by atoms with Crippen molar-refractivity contribution < 1.29 is 23.1 Å². The van der Waals surface area contributed by atoms with Crippen LogP contribution in [-0.2, 0) is 22.0 Å². The van der Waals surface area contributed by atoms with Crippen LogP contribution in [0.4, 0.5) is 10.5 Å². The van der Waals surface area contributed by atoms with E-state index in [4.69, 9.17) is 4.74 Å². The first-order chi connectivity index (χ1) is 19.0. The molecule has 0 saturated heterocycles. The molecule has 204 valence electrons. The fraction of sp³-hybridized carbons (Fsp3) is 0.156. The highest BCUT2D eigenvalue weighted by atomic mass is 32.2. The Bertz CT molecular complexity index is 1760. The van der Waals surface area contributed by atoms with Gasteiger partial charge in [0.2, 0.25) is 5.88 Å². The molecular formula is C32H30N2O5S. The summed E-state index contributed by atoms with van der Waals surface area (Å²) in [6.07, 6.45) is -1.45. The van der Waals surface area contributed by atoms with E-state index in [1.807, 2.05) is 72.8 Å². The summed E-state index contributed by atoms with van der Waals surface area (Å²) in [6, 6.07) is 30.8. The number of ether oxygens (including phenoxy) is 1. The number of carboxylic acid groups (broad SMARTS) is 1. The highest BCUT2D eigenvalue weighted by Crippen LogP contribution is 2.40. The minimum atomic E-state index is -3.98. The summed E-state index contributed by atoms with van der Waals surface area (Å²) in [6.45, 7) is 6.35. The van der Waals surface area contributed by atoms with Gasteiger partial charge in [0, 0.05) is 10.9 Å². The number of fused-ring (bicyclic) bond motifs is 1. The van der Waals surface area contributed by atoms with Crippen molar-refractivity contribution in [3.63, 3.8) is 0 Å². The van der Waals surface area contributed by atoms with Crippen molar-refractivity contribution in [3.05, 3.63) is 114 Å². The topological polar surface area (TPSA) is 99.7 Å². The third-order valence-corrected chi connectivity index (χ3v) is 8.55. The van der Waals surface area contributed by atoms with Gasteiger partial charge >= 0.3 is 6.16 Å². The molecule has 5 aromatic rings. The molecule has 0 amide bonds. The Morgan fingerprint density at radius 1 is 0.875 bits per heavy atom. The molecule has 0 atom stereocenters. The number of nitrogens with one attached hydrogen (secondary N) is 1. The van der Waals surface area contributed by atoms with Gasteiger partial charge in [0.15, 0.2) is 0 Å². The molecule has 0 aliphatic carbocycles. The van der Waals surface area contributed by atoms with Crippen LogP contribution in [0.15, 0.2) is 108 Å². The van der Waals surface area contributed by atoms with Crippen LogP contribution in [0.2, 0.25) is 0 Å². The van der Waals surface area contributed by atoms with Crippen molar-refractivity contribution in [3.8, 4) is 17.0 Å². The smallest absolute Gasteiger partial charge is 0.449 e. The Hall–Kier alpha value is -4.56. The largest absolute Gasteiger partial charge is 0.512 e. The summed E-state index contributed by atoms with van der Waals surface area (Å²) in [5, 5.41) is 9.98. The molecular weight excluding hydrogens is 524 g/mol. The van der Waals surface area contributed by atoms with Crippen molar-refractivity contribution in [1.82, 2.24) is 4.98 Å². The van der Waals surface area contributed by atoms with Crippen LogP contribution >= 0.6 is 0 Å². The van der Waals surface area contributed by atoms with Crippen LogP contribution < -0.4 is 9.04 Å². The van der Waals surface area contributed by atoms with Crippen molar-refractivity contribution in [2.24, 2.45) is 0 Å². The maximum atomic E-state index is 14.2. The zero-order valence-electron chi connectivity index (χ0n) is 22.5. The van der Waals surface area contributed by atoms with Gasteiger partial charge in [-0.1, -0.05) is 93.6 Å². The minimum absolute atomic E-state index is 0.0704. The Balaban J connectivity index is 1.67. The molecule has 0 radical (unpaired) electrons. The molecule has 8 heteroatoms. The van der Waals surface area contributed by atoms with Gasteiger partial charge in [-0.3, -0.25) is 4.31 Å². The number of sulfonamides is 1. The monoisotopic (exact) mass is 554 g/mol. The van der Waals surface area contributed by atoms with Gasteiger partial charge in [0.1, 0.15) is 0 Å². The number of nitrogens with zero attached hydrogens (tertiary/aromatic N) is 1. The normalized spacial score (nSPS) is 11.9. The number of aromatic nitrogens is 1. The average Bonchev–Trinajstić information content (AvgIpc) is 3.28. The number of aromatic amines is 1. The number of H-pyrrole nitrogens is 1. The fourth-order valence-corrected chi connectivity index (χ4v) is 6.13. The third-order valence-electron chi connectivity index (χ3n) is 6.76. The summed E-state index contributed by atoms with van der Waals surface area (Å²) in [4.78, 5) is 14.7. The molecule has 0 saturated carbocycles. The molecule has 4 aromatic carbocycles. The highest BCUT2D eigenvalue weighted by Gasteiger charge is 2.27. The highest BCUT2D eigenvalue weighted by molar-refractivity contribution is 7.92. The zero-order valence-corrected chi connectivity index (χ0v) is 23.3. The van der Waals surface area contributed by atoms with Gasteiger partial charge in [0.05, 0.1) is 22.7 Å². The average molecular weight is 555 g/mol. The second-order valence-corrected chi connectivity index (χ2v) is 12.4. The predicted molar refractivity (Wildman–Crippen MR) is 157 cm³/mol. The molecule has 40 heavy (non-hydrogen) atoms. The van der Waals surface area contributed by atoms with E-state index in [0.717, 1.165) is 16.7 Å². The number of carbonyl (C=O) groups is 1. The summed E-state index contributed by atoms with van der Waals surface area (Å²) in [5.41, 5.74) is 4.07. The Kier molecular flexibility index (Phi) is 7.12. The fourth-order valence-electron chi connectivity index (χ4n) is 4.68. The van der Waals surface area contributed by atoms with Gasteiger partial charge in [-0.2, -0.15) is 0 Å². The predicted octanol–water partition coefficient (Wildman–Crippen LogP) is 7.58. The van der Waals surface area contributed by atoms with Crippen LogP contribution in [0.5, 0.6) is 5.88 Å². The first-order valence-electron chi connectivity index (χ1n) is 12.8. The molecule has 0 aliphatic rings. The number of benzene rings is 4. The number of rotatable bonds is 7. The standard InChI is InChI=1S/C32H30N2O5S/c1-32(2,3)24-14-17-26(18-15-24)40(37,38)34(21-22-10-6-4-7-11-22)25-16-19-28-27(20-25)29(23-12-8-5-9-13-23)30(33-28)39-31(35)36/h4-20,33H,21H2,1-3H3,(H,35,36). The molecule has 2 N–H and O–H groups in total. The second kappa shape index (κ2) is 10.5. The van der Waals surface area contributed by atoms with Crippen LogP contribution in [0.3, 0.4) is 0 Å². The van der Waals surface area contributed by atoms with E-state index in [1.165, 1.54) is 4.31 Å². The Labute approximate surface area is 233 Å². The van der Waals surface area contributed by atoms with Crippen LogP contribution in [-0.4, -0.2) is 24.7 Å². The molecule has 1 heterocycles. The van der Waals surface area contributed by atoms with Crippen molar-refractivity contribution >= 4 is 32.8 Å². The van der Waals surface area contributed by atoms with Crippen LogP contribution in [0.25, 0.3) is 22.0 Å². The summed E-state index contributed by atoms with van der Waals surface area (Å²) in [7, 11) is -3.98. The lowest BCUT2D eigenvalue weighted by atomic mass is 9.87. The van der Waals surface area contributed by atoms with Gasteiger partial charge in [-0.05, 0) is 52.4 Å². The van der Waals surface area contributed by atoms with E-state index in [2.05, 4.69) is 25.8 Å². The summed E-state index contributed by atoms with van der Waals surface area (Å²) < 4.78 is 34.8. The van der Waals surface area contributed by atoms with Crippen molar-refractivity contribution in [2.45, 2.75) is 37.6 Å². The van der Waals surface area contributed by atoms with Crippen molar-refractivity contribution in [1.29, 1.82) is 0 Å². The van der Waals surface area contributed by atoms with Gasteiger partial charge in [-0.25, -0.2) is 13.2 Å². The molecule has 5 rings (SSSR count). The lowest BCUT2D eigenvalue weighted by Gasteiger charge is -2.26. The first-order valence-corrected chi connectivity index (χ1v) is 14.3. The maximum Gasteiger partial charge on any atom is 0.512 e. The lowest BCUT2D eigenvalue weighted by molar-refractivity contribution is 0.143. The summed E-state index contributed by atoms with van der Waals surface area (Å²) in [5.74, 6) is 0.0704.